The van der Waals surface area contributed by atoms with Crippen molar-refractivity contribution < 1.29 is 19.5 Å². The third-order valence-corrected chi connectivity index (χ3v) is 7.14. The first kappa shape index (κ1) is 23.0. The Morgan fingerprint density at radius 2 is 2.09 bits per heavy atom. The molecule has 0 amide bonds. The molecule has 2 heterocycles. The van der Waals surface area contributed by atoms with Gasteiger partial charge in [-0.05, 0) is 62.1 Å². The molecular weight excluding hydrogens is 440 g/mol. The van der Waals surface area contributed by atoms with Crippen molar-refractivity contribution in [2.45, 2.75) is 36.8 Å². The van der Waals surface area contributed by atoms with E-state index < -0.39 is 0 Å². The van der Waals surface area contributed by atoms with E-state index in [1.807, 2.05) is 29.2 Å². The molecule has 0 aliphatic carbocycles. The Labute approximate surface area is 197 Å². The Bertz CT molecular complexity index is 1120. The van der Waals surface area contributed by atoms with Gasteiger partial charge in [0.1, 0.15) is 16.9 Å². The highest BCUT2D eigenvalue weighted by atomic mass is 32.2. The molecule has 0 radical (unpaired) electrons. The predicted molar refractivity (Wildman–Crippen MR) is 131 cm³/mol. The number of nitrogens with one attached hydrogen (secondary N) is 1. The van der Waals surface area contributed by atoms with E-state index in [0.717, 1.165) is 41.7 Å². The Morgan fingerprint density at radius 1 is 1.27 bits per heavy atom. The van der Waals surface area contributed by atoms with Gasteiger partial charge in [0.05, 0.1) is 30.2 Å². The van der Waals surface area contributed by atoms with Crippen LogP contribution in [0.15, 0.2) is 46.7 Å². The Morgan fingerprint density at radius 3 is 2.76 bits per heavy atom. The summed E-state index contributed by atoms with van der Waals surface area (Å²) in [5, 5.41) is 17.8. The molecule has 8 nitrogen and oxygen atoms in total. The van der Waals surface area contributed by atoms with E-state index in [0.29, 0.717) is 29.4 Å². The number of benzene rings is 2. The van der Waals surface area contributed by atoms with Crippen molar-refractivity contribution in [1.29, 1.82) is 0 Å². The van der Waals surface area contributed by atoms with Crippen LogP contribution in [0.25, 0.3) is 0 Å². The molecule has 1 unspecified atom stereocenters. The Balaban J connectivity index is 1.71. The summed E-state index contributed by atoms with van der Waals surface area (Å²) in [6.45, 7) is 4.87. The molecule has 0 fully saturated rings. The molecule has 0 saturated heterocycles. The average Bonchev–Trinajstić information content (AvgIpc) is 2.83. The van der Waals surface area contributed by atoms with Crippen molar-refractivity contribution in [3.8, 4) is 11.5 Å². The van der Waals surface area contributed by atoms with Crippen LogP contribution in [0.2, 0.25) is 0 Å². The fourth-order valence-electron chi connectivity index (χ4n) is 4.33. The second-order valence-electron chi connectivity index (χ2n) is 8.36. The van der Waals surface area contributed by atoms with Gasteiger partial charge < -0.3 is 24.4 Å². The number of carbonyl (C=O) groups is 1. The van der Waals surface area contributed by atoms with Crippen molar-refractivity contribution in [3.63, 3.8) is 0 Å². The molecule has 33 heavy (non-hydrogen) atoms. The standard InChI is InChI=1S/C24H28N4O4S/c1-24(2)22(26-25-21(14-29)33-24)16-7-10-19-15(12-16)6-5-11-28(19)23(27-30)18-9-8-17(31-3)13-20(18)32-4/h7-10,12-14,21,25,30H,5-6,11H2,1-4H3. The first-order valence-electron chi connectivity index (χ1n) is 10.7. The summed E-state index contributed by atoms with van der Waals surface area (Å²) < 4.78 is 10.5. The monoisotopic (exact) mass is 468 g/mol. The zero-order valence-electron chi connectivity index (χ0n) is 19.2. The van der Waals surface area contributed by atoms with E-state index in [2.05, 4.69) is 35.6 Å². The number of thioether (sulfide) groups is 1. The fourth-order valence-corrected chi connectivity index (χ4v) is 5.40. The summed E-state index contributed by atoms with van der Waals surface area (Å²) in [7, 11) is 3.18. The molecule has 1 atom stereocenters. The molecule has 4 rings (SSSR count). The number of amidine groups is 1. The van der Waals surface area contributed by atoms with Gasteiger partial charge in [-0.15, -0.1) is 11.8 Å². The van der Waals surface area contributed by atoms with Gasteiger partial charge in [0.2, 0.25) is 0 Å². The molecular formula is C24H28N4O4S. The molecule has 2 aliphatic rings. The number of anilines is 1. The lowest BCUT2D eigenvalue weighted by Crippen LogP contribution is -2.42. The van der Waals surface area contributed by atoms with Gasteiger partial charge >= 0.3 is 0 Å². The van der Waals surface area contributed by atoms with Gasteiger partial charge in [-0.25, -0.2) is 0 Å². The van der Waals surface area contributed by atoms with Crippen LogP contribution in [0.1, 0.15) is 37.0 Å². The van der Waals surface area contributed by atoms with Crippen LogP contribution in [0.3, 0.4) is 0 Å². The number of nitrogens with zero attached hydrogens (tertiary/aromatic N) is 3. The van der Waals surface area contributed by atoms with Crippen molar-refractivity contribution >= 4 is 35.3 Å². The van der Waals surface area contributed by atoms with Crippen LogP contribution in [0, 0.1) is 0 Å². The van der Waals surface area contributed by atoms with E-state index >= 15 is 0 Å². The van der Waals surface area contributed by atoms with Crippen molar-refractivity contribution in [1.82, 2.24) is 5.43 Å². The smallest absolute Gasteiger partial charge is 0.183 e. The predicted octanol–water partition coefficient (Wildman–Crippen LogP) is 3.64. The largest absolute Gasteiger partial charge is 0.497 e. The number of methoxy groups -OCH3 is 2. The van der Waals surface area contributed by atoms with Gasteiger partial charge in [-0.1, -0.05) is 11.2 Å². The average molecular weight is 469 g/mol. The third kappa shape index (κ3) is 4.37. The van der Waals surface area contributed by atoms with Crippen LogP contribution in [0.4, 0.5) is 5.69 Å². The summed E-state index contributed by atoms with van der Waals surface area (Å²) in [5.41, 5.74) is 7.65. The Hall–Kier alpha value is -3.20. The van der Waals surface area contributed by atoms with Crippen LogP contribution in [-0.4, -0.2) is 53.9 Å². The molecule has 0 spiro atoms. The van der Waals surface area contributed by atoms with Gasteiger partial charge in [0.25, 0.3) is 0 Å². The molecule has 0 bridgehead atoms. The quantitative estimate of drug-likeness (QED) is 0.227. The number of hydrogen-bond donors (Lipinski definition) is 2. The van der Waals surface area contributed by atoms with E-state index in [1.54, 1.807) is 32.0 Å². The minimum atomic E-state index is -0.348. The number of aldehydes is 1. The first-order chi connectivity index (χ1) is 15.9. The highest BCUT2D eigenvalue weighted by Gasteiger charge is 2.35. The molecule has 2 N–H and O–H groups in total. The minimum absolute atomic E-state index is 0.312. The van der Waals surface area contributed by atoms with Crippen LogP contribution >= 0.6 is 11.8 Å². The zero-order chi connectivity index (χ0) is 23.6. The zero-order valence-corrected chi connectivity index (χ0v) is 20.0. The van der Waals surface area contributed by atoms with E-state index in [9.17, 15) is 10.0 Å². The second-order valence-corrected chi connectivity index (χ2v) is 10.1. The molecule has 2 aliphatic heterocycles. The van der Waals surface area contributed by atoms with Crippen LogP contribution in [0.5, 0.6) is 11.5 Å². The van der Waals surface area contributed by atoms with Crippen LogP contribution in [-0.2, 0) is 11.2 Å². The summed E-state index contributed by atoms with van der Waals surface area (Å²) in [5.74, 6) is 1.65. The normalized spacial score (nSPS) is 19.8. The molecule has 0 saturated carbocycles. The number of hydrogen-bond acceptors (Lipinski definition) is 8. The van der Waals surface area contributed by atoms with Crippen molar-refractivity contribution in [2.24, 2.45) is 10.3 Å². The summed E-state index contributed by atoms with van der Waals surface area (Å²) in [4.78, 5) is 13.2. The summed E-state index contributed by atoms with van der Waals surface area (Å²) in [6, 6.07) is 11.6. The second kappa shape index (κ2) is 9.35. The molecule has 0 aromatic heterocycles. The third-order valence-electron chi connectivity index (χ3n) is 5.89. The first-order valence-corrected chi connectivity index (χ1v) is 11.6. The number of oxime groups is 1. The molecule has 2 aromatic carbocycles. The number of ether oxygens (including phenoxy) is 2. The highest BCUT2D eigenvalue weighted by Crippen LogP contribution is 2.37. The van der Waals surface area contributed by atoms with Gasteiger partial charge in [-0.2, -0.15) is 5.10 Å². The number of rotatable bonds is 5. The van der Waals surface area contributed by atoms with Crippen LogP contribution < -0.4 is 19.8 Å². The maximum Gasteiger partial charge on any atom is 0.183 e. The lowest BCUT2D eigenvalue weighted by molar-refractivity contribution is -0.107. The van der Waals surface area contributed by atoms with Crippen molar-refractivity contribution in [2.75, 3.05) is 25.7 Å². The lowest BCUT2D eigenvalue weighted by atomic mass is 9.93. The van der Waals surface area contributed by atoms with Gasteiger partial charge in [-0.3, -0.25) is 5.43 Å². The van der Waals surface area contributed by atoms with Crippen molar-refractivity contribution in [3.05, 3.63) is 53.1 Å². The maximum absolute atomic E-state index is 11.2. The Kier molecular flexibility index (Phi) is 6.51. The lowest BCUT2D eigenvalue weighted by Gasteiger charge is -2.35. The fraction of sp³-hybridized carbons (Fsp3) is 0.375. The number of aryl methyl sites for hydroxylation is 1. The highest BCUT2D eigenvalue weighted by molar-refractivity contribution is 8.02. The topological polar surface area (TPSA) is 95.8 Å². The molecule has 9 heteroatoms. The van der Waals surface area contributed by atoms with Gasteiger partial charge in [0, 0.05) is 18.3 Å². The van der Waals surface area contributed by atoms with E-state index in [-0.39, 0.29) is 10.1 Å². The van der Waals surface area contributed by atoms with E-state index in [4.69, 9.17) is 9.47 Å². The number of carbonyl (C=O) groups excluding carboxylic acids is 1. The number of fused-ring (bicyclic) bond motifs is 1. The SMILES string of the molecule is COc1ccc(C(=NO)N2CCCc3cc(C4=NNC(C=O)SC4(C)C)ccc32)c(OC)c1. The summed E-state index contributed by atoms with van der Waals surface area (Å²) >= 11 is 1.55. The summed E-state index contributed by atoms with van der Waals surface area (Å²) in [6.07, 6.45) is 2.69. The number of hydrazone groups is 1. The maximum atomic E-state index is 11.2. The minimum Gasteiger partial charge on any atom is -0.497 e. The van der Waals surface area contributed by atoms with Gasteiger partial charge in [0.15, 0.2) is 12.1 Å². The molecule has 2 aromatic rings. The molecule has 174 valence electrons. The van der Waals surface area contributed by atoms with E-state index in [1.165, 1.54) is 0 Å².